The van der Waals surface area contributed by atoms with Gasteiger partial charge in [0.25, 0.3) is 0 Å². The summed E-state index contributed by atoms with van der Waals surface area (Å²) in [5.41, 5.74) is 4.17. The summed E-state index contributed by atoms with van der Waals surface area (Å²) in [7, 11) is 0. The molecule has 0 spiro atoms. The molecule has 2 aliphatic rings. The maximum Gasteiger partial charge on any atom is 0.204 e. The van der Waals surface area contributed by atoms with Crippen molar-refractivity contribution in [1.29, 1.82) is 0 Å². The molecule has 54 valence electrons. The van der Waals surface area contributed by atoms with E-state index in [2.05, 4.69) is 5.73 Å². The van der Waals surface area contributed by atoms with Gasteiger partial charge in [-0.15, -0.1) is 0 Å². The molecule has 0 aromatic rings. The van der Waals surface area contributed by atoms with Gasteiger partial charge in [0.15, 0.2) is 0 Å². The van der Waals surface area contributed by atoms with Crippen LogP contribution >= 0.6 is 0 Å². The SMILES string of the molecule is C1CC1.C1CC1.NC=O. The van der Waals surface area contributed by atoms with Crippen molar-refractivity contribution in [2.45, 2.75) is 38.5 Å². The zero-order valence-electron chi connectivity index (χ0n) is 5.81. The second kappa shape index (κ2) is 7.47. The Morgan fingerprint density at radius 3 is 1.00 bits per heavy atom. The largest absolute Gasteiger partial charge is 0.372 e. The predicted molar refractivity (Wildman–Crippen MR) is 38.0 cm³/mol. The van der Waals surface area contributed by atoms with Crippen LogP contribution in [0.1, 0.15) is 38.5 Å². The van der Waals surface area contributed by atoms with Crippen molar-refractivity contribution in [2.24, 2.45) is 5.73 Å². The molecule has 2 aliphatic carbocycles. The molecule has 0 atom stereocenters. The van der Waals surface area contributed by atoms with E-state index in [1.54, 1.807) is 0 Å². The molecule has 0 aromatic carbocycles. The zero-order valence-corrected chi connectivity index (χ0v) is 5.81. The molecule has 0 saturated heterocycles. The fourth-order valence-corrected chi connectivity index (χ4v) is 0. The molecule has 0 bridgehead atoms. The van der Waals surface area contributed by atoms with Gasteiger partial charge in [0.2, 0.25) is 6.41 Å². The third kappa shape index (κ3) is 103. The van der Waals surface area contributed by atoms with Gasteiger partial charge < -0.3 is 5.73 Å². The van der Waals surface area contributed by atoms with Crippen LogP contribution < -0.4 is 5.73 Å². The summed E-state index contributed by atoms with van der Waals surface area (Å²) in [6.07, 6.45) is 9.25. The van der Waals surface area contributed by atoms with Crippen LogP contribution in [0.25, 0.3) is 0 Å². The molecular formula is C7H15NO. The van der Waals surface area contributed by atoms with Crippen LogP contribution in [0, 0.1) is 0 Å². The molecule has 0 aliphatic heterocycles. The third-order valence-corrected chi connectivity index (χ3v) is 0.707. The van der Waals surface area contributed by atoms with Crippen molar-refractivity contribution in [2.75, 3.05) is 0 Å². The van der Waals surface area contributed by atoms with Gasteiger partial charge in [0.1, 0.15) is 0 Å². The van der Waals surface area contributed by atoms with Gasteiger partial charge in [-0.1, -0.05) is 38.5 Å². The van der Waals surface area contributed by atoms with Gasteiger partial charge in [0, 0.05) is 0 Å². The summed E-state index contributed by atoms with van der Waals surface area (Å²) in [5.74, 6) is 0. The molecular weight excluding hydrogens is 114 g/mol. The van der Waals surface area contributed by atoms with Crippen LogP contribution in [0.5, 0.6) is 0 Å². The van der Waals surface area contributed by atoms with Crippen molar-refractivity contribution >= 4 is 6.41 Å². The van der Waals surface area contributed by atoms with E-state index < -0.39 is 0 Å². The Morgan fingerprint density at radius 1 is 0.889 bits per heavy atom. The lowest BCUT2D eigenvalue weighted by atomic mass is 11.0. The van der Waals surface area contributed by atoms with E-state index in [1.807, 2.05) is 0 Å². The Balaban J connectivity index is 0.000000107. The number of hydrogen-bond donors (Lipinski definition) is 1. The second-order valence-corrected chi connectivity index (χ2v) is 2.26. The molecule has 1 amide bonds. The summed E-state index contributed by atoms with van der Waals surface area (Å²) >= 11 is 0. The first-order chi connectivity index (χ1) is 4.41. The minimum Gasteiger partial charge on any atom is -0.372 e. The second-order valence-electron chi connectivity index (χ2n) is 2.26. The van der Waals surface area contributed by atoms with Crippen LogP contribution in [0.3, 0.4) is 0 Å². The first-order valence-electron chi connectivity index (χ1n) is 3.57. The maximum atomic E-state index is 8.58. The zero-order chi connectivity index (χ0) is 6.95. The van der Waals surface area contributed by atoms with Crippen molar-refractivity contribution in [1.82, 2.24) is 0 Å². The lowest BCUT2D eigenvalue weighted by Crippen LogP contribution is -1.82. The minimum atomic E-state index is 0.250. The lowest BCUT2D eigenvalue weighted by Gasteiger charge is -1.32. The topological polar surface area (TPSA) is 43.1 Å². The molecule has 9 heavy (non-hydrogen) atoms. The van der Waals surface area contributed by atoms with E-state index >= 15 is 0 Å². The number of amides is 1. The van der Waals surface area contributed by atoms with E-state index in [0.717, 1.165) is 0 Å². The van der Waals surface area contributed by atoms with E-state index in [-0.39, 0.29) is 6.41 Å². The van der Waals surface area contributed by atoms with Gasteiger partial charge in [0.05, 0.1) is 0 Å². The van der Waals surface area contributed by atoms with Gasteiger partial charge >= 0.3 is 0 Å². The van der Waals surface area contributed by atoms with E-state index in [1.165, 1.54) is 38.5 Å². The quantitative estimate of drug-likeness (QED) is 0.494. The number of nitrogens with two attached hydrogens (primary N) is 1. The first-order valence-corrected chi connectivity index (χ1v) is 3.57. The Labute approximate surface area is 56.4 Å². The summed E-state index contributed by atoms with van der Waals surface area (Å²) in [6, 6.07) is 0. The highest BCUT2D eigenvalue weighted by Crippen LogP contribution is 2.15. The lowest BCUT2D eigenvalue weighted by molar-refractivity contribution is -0.106. The molecule has 2 saturated carbocycles. The normalized spacial score (nSPS) is 17.3. The fraction of sp³-hybridized carbons (Fsp3) is 0.857. The number of hydrogen-bond acceptors (Lipinski definition) is 1. The van der Waals surface area contributed by atoms with Crippen LogP contribution in [0.2, 0.25) is 0 Å². The van der Waals surface area contributed by atoms with Gasteiger partial charge in [-0.2, -0.15) is 0 Å². The summed E-state index contributed by atoms with van der Waals surface area (Å²) in [6.45, 7) is 0. The molecule has 2 nitrogen and oxygen atoms in total. The van der Waals surface area contributed by atoms with E-state index in [9.17, 15) is 0 Å². The van der Waals surface area contributed by atoms with E-state index in [4.69, 9.17) is 4.79 Å². The van der Waals surface area contributed by atoms with Gasteiger partial charge in [-0.25, -0.2) is 0 Å². The third-order valence-electron chi connectivity index (χ3n) is 0.707. The molecule has 2 N–H and O–H groups in total. The average Bonchev–Trinajstić information content (AvgIpc) is 2.66. The Bertz CT molecular complexity index is 48.4. The Morgan fingerprint density at radius 2 is 1.00 bits per heavy atom. The Hall–Kier alpha value is -0.530. The predicted octanol–water partition coefficient (Wildman–Crippen LogP) is 1.44. The minimum absolute atomic E-state index is 0.250. The van der Waals surface area contributed by atoms with Crippen molar-refractivity contribution in [3.05, 3.63) is 0 Å². The van der Waals surface area contributed by atoms with Crippen molar-refractivity contribution < 1.29 is 4.79 Å². The summed E-state index contributed by atoms with van der Waals surface area (Å²) < 4.78 is 0. The fourth-order valence-electron chi connectivity index (χ4n) is 0. The monoisotopic (exact) mass is 129 g/mol. The van der Waals surface area contributed by atoms with Crippen LogP contribution in [0.15, 0.2) is 0 Å². The molecule has 2 rings (SSSR count). The van der Waals surface area contributed by atoms with Crippen molar-refractivity contribution in [3.8, 4) is 0 Å². The van der Waals surface area contributed by atoms with Gasteiger partial charge in [-0.05, 0) is 0 Å². The number of carbonyl (C=O) groups is 1. The highest BCUT2D eigenvalue weighted by atomic mass is 16.1. The van der Waals surface area contributed by atoms with Crippen molar-refractivity contribution in [3.63, 3.8) is 0 Å². The van der Waals surface area contributed by atoms with Crippen LogP contribution in [-0.4, -0.2) is 6.41 Å². The summed E-state index contributed by atoms with van der Waals surface area (Å²) in [5, 5.41) is 0. The molecule has 0 aromatic heterocycles. The maximum absolute atomic E-state index is 8.58. The molecule has 2 heteroatoms. The molecule has 0 heterocycles. The molecule has 0 radical (unpaired) electrons. The number of rotatable bonds is 0. The van der Waals surface area contributed by atoms with Gasteiger partial charge in [-0.3, -0.25) is 4.79 Å². The highest BCUT2D eigenvalue weighted by molar-refractivity contribution is 5.42. The number of carbonyl (C=O) groups excluding carboxylic acids is 1. The standard InChI is InChI=1S/2C3H6.CH3NO/c2*1-2-3-1;2-1-3/h2*1-3H2;1H,(H2,2,3). The smallest absolute Gasteiger partial charge is 0.204 e. The summed E-state index contributed by atoms with van der Waals surface area (Å²) in [4.78, 5) is 8.58. The molecule has 2 fully saturated rings. The average molecular weight is 129 g/mol. The van der Waals surface area contributed by atoms with Crippen LogP contribution in [-0.2, 0) is 4.79 Å². The molecule has 0 unspecified atom stereocenters. The van der Waals surface area contributed by atoms with E-state index in [0.29, 0.717) is 0 Å². The first kappa shape index (κ1) is 8.47. The van der Waals surface area contributed by atoms with Crippen LogP contribution in [0.4, 0.5) is 0 Å². The highest BCUT2D eigenvalue weighted by Gasteiger charge is 1.95. The Kier molecular flexibility index (Phi) is 7.03. The number of primary amides is 1.